The zero-order chi connectivity index (χ0) is 24.0. The first-order valence-corrected chi connectivity index (χ1v) is 13.5. The maximum atomic E-state index is 12.9. The van der Waals surface area contributed by atoms with E-state index in [0.29, 0.717) is 12.2 Å². The summed E-state index contributed by atoms with van der Waals surface area (Å²) in [6.45, 7) is 6.32. The van der Waals surface area contributed by atoms with E-state index in [4.69, 9.17) is 11.6 Å². The molecule has 0 aliphatic heterocycles. The van der Waals surface area contributed by atoms with E-state index < -0.39 is 10.0 Å². The van der Waals surface area contributed by atoms with Crippen LogP contribution in [0.5, 0.6) is 0 Å². The second kappa shape index (κ2) is 11.1. The topological polar surface area (TPSA) is 75.3 Å². The van der Waals surface area contributed by atoms with E-state index in [1.54, 1.807) is 23.9 Å². The third-order valence-corrected chi connectivity index (χ3v) is 7.73. The van der Waals surface area contributed by atoms with E-state index >= 15 is 0 Å². The molecule has 5 nitrogen and oxygen atoms in total. The Bertz CT molecular complexity index is 1240. The SMILES string of the molecule is Cc1cccc(CSCCNC(=O)c2ccc(Cl)c(S(=O)(=O)Nc3cc(C)cc(C)c3)c2)c1. The van der Waals surface area contributed by atoms with Crippen molar-refractivity contribution < 1.29 is 13.2 Å². The highest BCUT2D eigenvalue weighted by Crippen LogP contribution is 2.26. The lowest BCUT2D eigenvalue weighted by molar-refractivity contribution is 0.0956. The van der Waals surface area contributed by atoms with Crippen LogP contribution in [0, 0.1) is 20.8 Å². The first-order valence-electron chi connectivity index (χ1n) is 10.5. The third-order valence-electron chi connectivity index (χ3n) is 4.84. The monoisotopic (exact) mass is 502 g/mol. The molecule has 0 saturated heterocycles. The van der Waals surface area contributed by atoms with Gasteiger partial charge in [-0.2, -0.15) is 11.8 Å². The lowest BCUT2D eigenvalue weighted by atomic mass is 10.1. The number of carbonyl (C=O) groups is 1. The first-order chi connectivity index (χ1) is 15.6. The van der Waals surface area contributed by atoms with Gasteiger partial charge in [0.1, 0.15) is 4.90 Å². The molecule has 0 fully saturated rings. The Balaban J connectivity index is 1.61. The fourth-order valence-electron chi connectivity index (χ4n) is 3.43. The van der Waals surface area contributed by atoms with E-state index in [2.05, 4.69) is 35.2 Å². The maximum absolute atomic E-state index is 12.9. The third kappa shape index (κ3) is 7.25. The van der Waals surface area contributed by atoms with E-state index in [0.717, 1.165) is 22.6 Å². The molecule has 0 aromatic heterocycles. The molecule has 0 aliphatic carbocycles. The van der Waals surface area contributed by atoms with Crippen LogP contribution in [-0.4, -0.2) is 26.6 Å². The zero-order valence-electron chi connectivity index (χ0n) is 18.8. The van der Waals surface area contributed by atoms with Crippen molar-refractivity contribution in [2.45, 2.75) is 31.4 Å². The minimum Gasteiger partial charge on any atom is -0.351 e. The molecule has 0 spiro atoms. The molecule has 8 heteroatoms. The number of anilines is 1. The summed E-state index contributed by atoms with van der Waals surface area (Å²) >= 11 is 7.90. The average Bonchev–Trinajstić information content (AvgIpc) is 2.72. The van der Waals surface area contributed by atoms with Crippen LogP contribution < -0.4 is 10.0 Å². The molecular formula is C25H27ClN2O3S2. The Morgan fingerprint density at radius 3 is 2.36 bits per heavy atom. The smallest absolute Gasteiger partial charge is 0.263 e. The van der Waals surface area contributed by atoms with Gasteiger partial charge < -0.3 is 5.32 Å². The van der Waals surface area contributed by atoms with E-state index in [1.807, 2.05) is 26.0 Å². The minimum atomic E-state index is -3.96. The lowest BCUT2D eigenvalue weighted by Crippen LogP contribution is -2.26. The van der Waals surface area contributed by atoms with Crippen molar-refractivity contribution in [1.82, 2.24) is 5.32 Å². The Hall–Kier alpha value is -2.48. The normalized spacial score (nSPS) is 11.3. The van der Waals surface area contributed by atoms with Gasteiger partial charge in [-0.05, 0) is 67.8 Å². The molecule has 174 valence electrons. The summed E-state index contributed by atoms with van der Waals surface area (Å²) < 4.78 is 28.4. The van der Waals surface area contributed by atoms with Crippen LogP contribution >= 0.6 is 23.4 Å². The molecule has 3 aromatic rings. The van der Waals surface area contributed by atoms with Crippen molar-refractivity contribution in [2.24, 2.45) is 0 Å². The summed E-state index contributed by atoms with van der Waals surface area (Å²) in [5, 5.41) is 2.89. The number of halogens is 1. The molecule has 3 rings (SSSR count). The molecule has 0 atom stereocenters. The largest absolute Gasteiger partial charge is 0.351 e. The van der Waals surface area contributed by atoms with Crippen LogP contribution in [0.2, 0.25) is 5.02 Å². The first kappa shape index (κ1) is 25.1. The van der Waals surface area contributed by atoms with E-state index in [9.17, 15) is 13.2 Å². The summed E-state index contributed by atoms with van der Waals surface area (Å²) in [4.78, 5) is 12.4. The van der Waals surface area contributed by atoms with Crippen molar-refractivity contribution >= 4 is 45.0 Å². The zero-order valence-corrected chi connectivity index (χ0v) is 21.2. The highest BCUT2D eigenvalue weighted by Gasteiger charge is 2.20. The second-order valence-electron chi connectivity index (χ2n) is 7.92. The number of benzene rings is 3. The van der Waals surface area contributed by atoms with Crippen molar-refractivity contribution in [1.29, 1.82) is 0 Å². The molecule has 0 aliphatic rings. The van der Waals surface area contributed by atoms with Crippen LogP contribution in [0.3, 0.4) is 0 Å². The van der Waals surface area contributed by atoms with E-state index in [1.165, 1.54) is 29.3 Å². The molecule has 0 saturated carbocycles. The number of sulfonamides is 1. The van der Waals surface area contributed by atoms with Crippen LogP contribution in [0.4, 0.5) is 5.69 Å². The number of hydrogen-bond acceptors (Lipinski definition) is 4. The van der Waals surface area contributed by atoms with Gasteiger partial charge in [0.05, 0.1) is 5.02 Å². The fourth-order valence-corrected chi connectivity index (χ4v) is 5.80. The molecule has 0 radical (unpaired) electrons. The molecule has 0 heterocycles. The van der Waals surface area contributed by atoms with Crippen molar-refractivity contribution in [2.75, 3.05) is 17.0 Å². The van der Waals surface area contributed by atoms with Gasteiger partial charge in [-0.15, -0.1) is 0 Å². The Labute approximate surface area is 205 Å². The van der Waals surface area contributed by atoms with Crippen LogP contribution in [0.25, 0.3) is 0 Å². The highest BCUT2D eigenvalue weighted by molar-refractivity contribution is 7.98. The van der Waals surface area contributed by atoms with Gasteiger partial charge >= 0.3 is 0 Å². The van der Waals surface area contributed by atoms with Gasteiger partial charge in [0.15, 0.2) is 0 Å². The summed E-state index contributed by atoms with van der Waals surface area (Å²) in [5.41, 5.74) is 5.03. The molecule has 33 heavy (non-hydrogen) atoms. The molecule has 0 unspecified atom stereocenters. The summed E-state index contributed by atoms with van der Waals surface area (Å²) in [6, 6.07) is 18.0. The summed E-state index contributed by atoms with van der Waals surface area (Å²) in [5.74, 6) is 1.27. The minimum absolute atomic E-state index is 0.0529. The maximum Gasteiger partial charge on any atom is 0.263 e. The van der Waals surface area contributed by atoms with Gasteiger partial charge in [-0.3, -0.25) is 9.52 Å². The Kier molecular flexibility index (Phi) is 8.46. The van der Waals surface area contributed by atoms with Gasteiger partial charge in [-0.1, -0.05) is 47.5 Å². The molecular weight excluding hydrogens is 476 g/mol. The van der Waals surface area contributed by atoms with Crippen LogP contribution in [0.15, 0.2) is 65.6 Å². The average molecular weight is 503 g/mol. The predicted molar refractivity (Wildman–Crippen MR) is 138 cm³/mol. The highest BCUT2D eigenvalue weighted by atomic mass is 35.5. The second-order valence-corrected chi connectivity index (χ2v) is 11.1. The number of aryl methyl sites for hydroxylation is 3. The van der Waals surface area contributed by atoms with Crippen molar-refractivity contribution in [3.63, 3.8) is 0 Å². The number of rotatable bonds is 9. The molecule has 1 amide bonds. The van der Waals surface area contributed by atoms with Crippen molar-refractivity contribution in [3.8, 4) is 0 Å². The standard InChI is InChI=1S/C25H27ClN2O3S2/c1-17-5-4-6-20(12-17)16-32-10-9-27-25(29)21-7-8-23(26)24(15-21)33(30,31)28-22-13-18(2)11-19(3)14-22/h4-8,11-15,28H,9-10,16H2,1-3H3,(H,27,29). The van der Waals surface area contributed by atoms with E-state index in [-0.39, 0.29) is 21.4 Å². The number of amides is 1. The number of nitrogens with one attached hydrogen (secondary N) is 2. The van der Waals surface area contributed by atoms with Gasteiger partial charge in [0, 0.05) is 29.3 Å². The van der Waals surface area contributed by atoms with Gasteiger partial charge in [0.2, 0.25) is 0 Å². The molecule has 2 N–H and O–H groups in total. The van der Waals surface area contributed by atoms with Gasteiger partial charge in [0.25, 0.3) is 15.9 Å². The molecule has 3 aromatic carbocycles. The van der Waals surface area contributed by atoms with Gasteiger partial charge in [-0.25, -0.2) is 8.42 Å². The summed E-state index contributed by atoms with van der Waals surface area (Å²) in [6.07, 6.45) is 0. The van der Waals surface area contributed by atoms with Crippen LogP contribution in [0.1, 0.15) is 32.6 Å². The fraction of sp³-hybridized carbons (Fsp3) is 0.240. The van der Waals surface area contributed by atoms with Crippen LogP contribution in [-0.2, 0) is 15.8 Å². The number of carbonyl (C=O) groups excluding carboxylic acids is 1. The Morgan fingerprint density at radius 1 is 0.939 bits per heavy atom. The lowest BCUT2D eigenvalue weighted by Gasteiger charge is -2.12. The quantitative estimate of drug-likeness (QED) is 0.366. The Morgan fingerprint density at radius 2 is 1.67 bits per heavy atom. The predicted octanol–water partition coefficient (Wildman–Crippen LogP) is 5.73. The molecule has 0 bridgehead atoms. The number of thioether (sulfide) groups is 1. The number of hydrogen-bond donors (Lipinski definition) is 2. The van der Waals surface area contributed by atoms with Crippen molar-refractivity contribution in [3.05, 3.63) is 93.5 Å². The summed E-state index contributed by atoms with van der Waals surface area (Å²) in [7, 11) is -3.96.